The lowest BCUT2D eigenvalue weighted by atomic mass is 10.1. The minimum Gasteiger partial charge on any atom is -0.348 e. The summed E-state index contributed by atoms with van der Waals surface area (Å²) >= 11 is 9.24. The van der Waals surface area contributed by atoms with Gasteiger partial charge in [0.25, 0.3) is 5.56 Å². The van der Waals surface area contributed by atoms with Gasteiger partial charge in [-0.05, 0) is 36.8 Å². The van der Waals surface area contributed by atoms with Crippen LogP contribution in [0.15, 0.2) is 58.1 Å². The topological polar surface area (TPSA) is 64.0 Å². The number of benzene rings is 1. The van der Waals surface area contributed by atoms with Gasteiger partial charge in [-0.2, -0.15) is 0 Å². The second-order valence-electron chi connectivity index (χ2n) is 5.68. The third kappa shape index (κ3) is 4.08. The zero-order valence-electron chi connectivity index (χ0n) is 13.4. The summed E-state index contributed by atoms with van der Waals surface area (Å²) in [6.07, 6.45) is 3.13. The van der Waals surface area contributed by atoms with Crippen LogP contribution in [-0.2, 0) is 11.3 Å². The van der Waals surface area contributed by atoms with E-state index in [0.717, 1.165) is 10.0 Å². The van der Waals surface area contributed by atoms with Crippen LogP contribution < -0.4 is 10.9 Å². The minimum atomic E-state index is -0.270. The van der Waals surface area contributed by atoms with Crippen molar-refractivity contribution in [3.63, 3.8) is 0 Å². The molecular formula is C18H15BrClN3O2. The second-order valence-corrected chi connectivity index (χ2v) is 6.99. The highest BCUT2D eigenvalue weighted by Gasteiger charge is 2.12. The Hall–Kier alpha value is -2.18. The van der Waals surface area contributed by atoms with Crippen molar-refractivity contribution in [1.82, 2.24) is 14.9 Å². The molecule has 2 heterocycles. The minimum absolute atomic E-state index is 0.0599. The number of pyridine rings is 2. The quantitative estimate of drug-likeness (QED) is 0.655. The fraction of sp³-hybridized carbons (Fsp3) is 0.167. The molecule has 0 aliphatic rings. The highest BCUT2D eigenvalue weighted by molar-refractivity contribution is 9.10. The summed E-state index contributed by atoms with van der Waals surface area (Å²) < 4.78 is 2.34. The summed E-state index contributed by atoms with van der Waals surface area (Å²) in [6.45, 7) is 1.84. The number of nitrogens with zero attached hydrogens (tertiary/aromatic N) is 2. The van der Waals surface area contributed by atoms with Crippen LogP contribution in [0, 0.1) is 0 Å². The first kappa shape index (κ1) is 17.6. The smallest absolute Gasteiger partial charge is 0.259 e. The van der Waals surface area contributed by atoms with Gasteiger partial charge < -0.3 is 9.88 Å². The van der Waals surface area contributed by atoms with Gasteiger partial charge in [-0.25, -0.2) is 4.98 Å². The Morgan fingerprint density at radius 3 is 2.76 bits per heavy atom. The number of rotatable bonds is 4. The lowest BCUT2D eigenvalue weighted by molar-refractivity contribution is -0.122. The number of amides is 1. The molecule has 7 heteroatoms. The van der Waals surface area contributed by atoms with Gasteiger partial charge in [0.1, 0.15) is 11.7 Å². The van der Waals surface area contributed by atoms with Crippen molar-refractivity contribution in [3.05, 3.63) is 74.3 Å². The van der Waals surface area contributed by atoms with Gasteiger partial charge in [0, 0.05) is 22.3 Å². The molecule has 0 saturated carbocycles. The molecule has 0 unspecified atom stereocenters. The molecule has 2 aromatic heterocycles. The number of hydrogen-bond acceptors (Lipinski definition) is 3. The summed E-state index contributed by atoms with van der Waals surface area (Å²) in [5, 5.41) is 4.27. The molecule has 1 aromatic carbocycles. The van der Waals surface area contributed by atoms with E-state index in [0.29, 0.717) is 10.8 Å². The van der Waals surface area contributed by atoms with E-state index in [1.807, 2.05) is 31.2 Å². The van der Waals surface area contributed by atoms with E-state index >= 15 is 0 Å². The molecule has 128 valence electrons. The first-order valence-electron chi connectivity index (χ1n) is 7.63. The van der Waals surface area contributed by atoms with E-state index in [9.17, 15) is 9.59 Å². The highest BCUT2D eigenvalue weighted by Crippen LogP contribution is 2.16. The van der Waals surface area contributed by atoms with Gasteiger partial charge >= 0.3 is 0 Å². The summed E-state index contributed by atoms with van der Waals surface area (Å²) in [5.74, 6) is -0.239. The third-order valence-electron chi connectivity index (χ3n) is 3.89. The maximum Gasteiger partial charge on any atom is 0.259 e. The molecule has 0 spiro atoms. The van der Waals surface area contributed by atoms with Crippen LogP contribution in [0.25, 0.3) is 10.8 Å². The molecule has 25 heavy (non-hydrogen) atoms. The molecule has 0 bridgehead atoms. The van der Waals surface area contributed by atoms with E-state index < -0.39 is 0 Å². The molecule has 1 atom stereocenters. The van der Waals surface area contributed by atoms with Gasteiger partial charge in [-0.15, -0.1) is 0 Å². The largest absolute Gasteiger partial charge is 0.348 e. The highest BCUT2D eigenvalue weighted by atomic mass is 79.9. The van der Waals surface area contributed by atoms with E-state index in [-0.39, 0.29) is 29.2 Å². The first-order chi connectivity index (χ1) is 11.9. The molecule has 3 aromatic rings. The Morgan fingerprint density at radius 1 is 1.32 bits per heavy atom. The monoisotopic (exact) mass is 419 g/mol. The van der Waals surface area contributed by atoms with Crippen molar-refractivity contribution >= 4 is 44.2 Å². The van der Waals surface area contributed by atoms with Crippen LogP contribution in [0.4, 0.5) is 0 Å². The lowest BCUT2D eigenvalue weighted by Gasteiger charge is -2.15. The van der Waals surface area contributed by atoms with Crippen molar-refractivity contribution < 1.29 is 4.79 Å². The zero-order valence-corrected chi connectivity index (χ0v) is 15.7. The van der Waals surface area contributed by atoms with E-state index in [4.69, 9.17) is 11.6 Å². The van der Waals surface area contributed by atoms with Gasteiger partial charge in [0.15, 0.2) is 0 Å². The summed E-state index contributed by atoms with van der Waals surface area (Å²) in [7, 11) is 0. The summed E-state index contributed by atoms with van der Waals surface area (Å²) in [6, 6.07) is 10.8. The molecule has 5 nitrogen and oxygen atoms in total. The van der Waals surface area contributed by atoms with E-state index in [1.165, 1.54) is 10.6 Å². The number of carbonyl (C=O) groups is 1. The Balaban J connectivity index is 1.76. The third-order valence-corrected chi connectivity index (χ3v) is 4.62. The van der Waals surface area contributed by atoms with Gasteiger partial charge in [-0.1, -0.05) is 39.7 Å². The van der Waals surface area contributed by atoms with Crippen molar-refractivity contribution in [2.75, 3.05) is 0 Å². The summed E-state index contributed by atoms with van der Waals surface area (Å²) in [5.41, 5.74) is 0.716. The predicted octanol–water partition coefficient (Wildman–Crippen LogP) is 3.69. The zero-order chi connectivity index (χ0) is 18.0. The van der Waals surface area contributed by atoms with Gasteiger partial charge in [0.2, 0.25) is 5.91 Å². The van der Waals surface area contributed by atoms with Crippen LogP contribution in [0.5, 0.6) is 0 Å². The molecule has 3 rings (SSSR count). The molecule has 0 radical (unpaired) electrons. The van der Waals surface area contributed by atoms with E-state index in [2.05, 4.69) is 26.2 Å². The number of nitrogens with one attached hydrogen (secondary N) is 1. The Labute approximate surface area is 157 Å². The summed E-state index contributed by atoms with van der Waals surface area (Å²) in [4.78, 5) is 28.8. The van der Waals surface area contributed by atoms with Gasteiger partial charge in [-0.3, -0.25) is 9.59 Å². The Morgan fingerprint density at radius 2 is 2.04 bits per heavy atom. The molecule has 0 fully saturated rings. The SMILES string of the molecule is C[C@H](NC(=O)Cn1ccc2cnc(Cl)cc2c1=O)c1ccc(Br)cc1. The predicted molar refractivity (Wildman–Crippen MR) is 102 cm³/mol. The molecule has 0 aliphatic heterocycles. The molecule has 0 saturated heterocycles. The lowest BCUT2D eigenvalue weighted by Crippen LogP contribution is -2.33. The normalized spacial score (nSPS) is 12.1. The van der Waals surface area contributed by atoms with Crippen molar-refractivity contribution in [2.24, 2.45) is 0 Å². The number of fused-ring (bicyclic) bond motifs is 1. The van der Waals surface area contributed by atoms with Crippen LogP contribution >= 0.6 is 27.5 Å². The van der Waals surface area contributed by atoms with Crippen LogP contribution in [0.3, 0.4) is 0 Å². The second kappa shape index (κ2) is 7.37. The standard InChI is InChI=1S/C18H15BrClN3O2/c1-11(12-2-4-14(19)5-3-12)22-17(24)10-23-7-6-13-9-21-16(20)8-15(13)18(23)25/h2-9,11H,10H2,1H3,(H,22,24)/t11-/m0/s1. The fourth-order valence-electron chi connectivity index (χ4n) is 2.55. The molecule has 1 amide bonds. The van der Waals surface area contributed by atoms with Gasteiger partial charge in [0.05, 0.1) is 11.4 Å². The Kier molecular flexibility index (Phi) is 5.20. The average Bonchev–Trinajstić information content (AvgIpc) is 2.58. The Bertz CT molecular complexity index is 986. The fourth-order valence-corrected chi connectivity index (χ4v) is 2.97. The van der Waals surface area contributed by atoms with Crippen LogP contribution in [-0.4, -0.2) is 15.5 Å². The maximum absolute atomic E-state index is 12.5. The molecular weight excluding hydrogens is 406 g/mol. The number of halogens is 2. The number of hydrogen-bond donors (Lipinski definition) is 1. The number of aromatic nitrogens is 2. The molecule has 1 N–H and O–H groups in total. The average molecular weight is 421 g/mol. The van der Waals surface area contributed by atoms with E-state index in [1.54, 1.807) is 18.5 Å². The maximum atomic E-state index is 12.5. The first-order valence-corrected chi connectivity index (χ1v) is 8.80. The van der Waals surface area contributed by atoms with Crippen molar-refractivity contribution in [2.45, 2.75) is 19.5 Å². The molecule has 0 aliphatic carbocycles. The van der Waals surface area contributed by atoms with Crippen LogP contribution in [0.1, 0.15) is 18.5 Å². The van der Waals surface area contributed by atoms with Crippen molar-refractivity contribution in [3.8, 4) is 0 Å². The van der Waals surface area contributed by atoms with Crippen LogP contribution in [0.2, 0.25) is 5.15 Å². The van der Waals surface area contributed by atoms with Crippen molar-refractivity contribution in [1.29, 1.82) is 0 Å². The number of carbonyl (C=O) groups excluding carboxylic acids is 1.